The smallest absolute Gasteiger partial charge is 0.340 e. The Bertz CT molecular complexity index is 624. The van der Waals surface area contributed by atoms with Gasteiger partial charge in [0.1, 0.15) is 0 Å². The first-order valence-corrected chi connectivity index (χ1v) is 6.99. The lowest BCUT2D eigenvalue weighted by Gasteiger charge is -2.20. The van der Waals surface area contributed by atoms with Crippen molar-refractivity contribution in [3.63, 3.8) is 0 Å². The molecule has 1 atom stereocenters. The minimum absolute atomic E-state index is 0.128. The lowest BCUT2D eigenvalue weighted by molar-refractivity contribution is -0.117. The van der Waals surface area contributed by atoms with Crippen LogP contribution in [0.2, 0.25) is 5.02 Å². The van der Waals surface area contributed by atoms with Crippen LogP contribution in [-0.2, 0) is 9.53 Å². The summed E-state index contributed by atoms with van der Waals surface area (Å²) in [5.41, 5.74) is 0.697. The first kappa shape index (κ1) is 14.9. The number of hydrogen-bond acceptors (Lipinski definition) is 3. The van der Waals surface area contributed by atoms with Crippen molar-refractivity contribution < 1.29 is 14.3 Å². The van der Waals surface area contributed by atoms with Crippen LogP contribution in [0, 0.1) is 18.3 Å². The van der Waals surface area contributed by atoms with E-state index in [1.54, 1.807) is 12.1 Å². The van der Waals surface area contributed by atoms with Crippen molar-refractivity contribution in [1.29, 1.82) is 0 Å². The molecule has 1 aromatic carbocycles. The number of nitrogens with zero attached hydrogens (tertiary/aromatic N) is 1. The van der Waals surface area contributed by atoms with Crippen LogP contribution >= 0.6 is 27.5 Å². The molecule has 0 radical (unpaired) electrons. The number of rotatable bonds is 2. The predicted octanol–water partition coefficient (Wildman–Crippen LogP) is 2.88. The average Bonchev–Trinajstić information content (AvgIpc) is 2.81. The number of hydrogen-bond donors (Lipinski definition) is 0. The molecule has 0 aliphatic carbocycles. The molecule has 1 aliphatic heterocycles. The molecule has 1 saturated heterocycles. The third-order valence-electron chi connectivity index (χ3n) is 3.10. The van der Waals surface area contributed by atoms with Gasteiger partial charge in [0.25, 0.3) is 0 Å². The van der Waals surface area contributed by atoms with Gasteiger partial charge >= 0.3 is 5.97 Å². The Labute approximate surface area is 130 Å². The van der Waals surface area contributed by atoms with Gasteiger partial charge in [-0.1, -0.05) is 11.6 Å². The number of ether oxygens (including phenoxy) is 1. The third-order valence-corrected chi connectivity index (χ3v) is 4.29. The van der Waals surface area contributed by atoms with Crippen LogP contribution in [0.4, 0.5) is 5.69 Å². The van der Waals surface area contributed by atoms with E-state index in [1.165, 1.54) is 12.0 Å². The molecule has 2 rings (SSSR count). The van der Waals surface area contributed by atoms with E-state index in [1.807, 2.05) is 0 Å². The van der Waals surface area contributed by atoms with E-state index in [4.69, 9.17) is 22.8 Å². The second-order valence-corrected chi connectivity index (χ2v) is 5.61. The summed E-state index contributed by atoms with van der Waals surface area (Å²) in [5, 5.41) is 0.407. The highest BCUT2D eigenvalue weighted by Gasteiger charge is 2.32. The quantitative estimate of drug-likeness (QED) is 0.605. The molecular weight excluding hydrogens is 346 g/mol. The molecule has 20 heavy (non-hydrogen) atoms. The number of carbonyl (C=O) groups is 2. The standard InChI is InChI=1S/C14H11BrClNO3/c1-3-8-4-13(18)17(7-8)12-6-11(16)10(15)5-9(12)14(19)20-2/h1,5-6,8H,4,7H2,2H3. The highest BCUT2D eigenvalue weighted by molar-refractivity contribution is 9.10. The number of halogens is 2. The summed E-state index contributed by atoms with van der Waals surface area (Å²) < 4.78 is 5.30. The van der Waals surface area contributed by atoms with Crippen LogP contribution in [0.1, 0.15) is 16.8 Å². The first-order valence-electron chi connectivity index (χ1n) is 5.81. The van der Waals surface area contributed by atoms with Gasteiger partial charge in [0.15, 0.2) is 0 Å². The monoisotopic (exact) mass is 355 g/mol. The number of benzene rings is 1. The van der Waals surface area contributed by atoms with Gasteiger partial charge in [-0.15, -0.1) is 12.3 Å². The average molecular weight is 357 g/mol. The van der Waals surface area contributed by atoms with E-state index in [9.17, 15) is 9.59 Å². The maximum atomic E-state index is 12.0. The predicted molar refractivity (Wildman–Crippen MR) is 79.8 cm³/mol. The van der Waals surface area contributed by atoms with Crippen molar-refractivity contribution in [3.8, 4) is 12.3 Å². The molecule has 1 unspecified atom stereocenters. The molecule has 1 aliphatic rings. The molecule has 1 fully saturated rings. The Hall–Kier alpha value is -1.51. The zero-order chi connectivity index (χ0) is 14.9. The summed E-state index contributed by atoms with van der Waals surface area (Å²) in [5.74, 6) is 1.74. The summed E-state index contributed by atoms with van der Waals surface area (Å²) in [6.07, 6.45) is 5.63. The zero-order valence-corrected chi connectivity index (χ0v) is 13.0. The van der Waals surface area contributed by atoms with Crippen LogP contribution in [0.15, 0.2) is 16.6 Å². The lowest BCUT2D eigenvalue weighted by Crippen LogP contribution is -2.26. The normalized spacial score (nSPS) is 18.0. The van der Waals surface area contributed by atoms with Crippen molar-refractivity contribution in [2.75, 3.05) is 18.6 Å². The van der Waals surface area contributed by atoms with E-state index in [0.717, 1.165) is 0 Å². The van der Waals surface area contributed by atoms with E-state index in [-0.39, 0.29) is 23.8 Å². The number of carbonyl (C=O) groups excluding carboxylic acids is 2. The van der Waals surface area contributed by atoms with Crippen LogP contribution in [0.3, 0.4) is 0 Å². The van der Waals surface area contributed by atoms with Gasteiger partial charge in [-0.2, -0.15) is 0 Å². The summed E-state index contributed by atoms with van der Waals surface area (Å²) in [4.78, 5) is 25.4. The van der Waals surface area contributed by atoms with Crippen molar-refractivity contribution in [2.45, 2.75) is 6.42 Å². The Morgan fingerprint density at radius 1 is 1.60 bits per heavy atom. The van der Waals surface area contributed by atoms with Gasteiger partial charge in [0.05, 0.1) is 23.4 Å². The molecule has 1 aromatic rings. The Morgan fingerprint density at radius 3 is 2.85 bits per heavy atom. The summed E-state index contributed by atoms with van der Waals surface area (Å²) in [7, 11) is 1.28. The Kier molecular flexibility index (Phi) is 4.36. The van der Waals surface area contributed by atoms with Crippen LogP contribution < -0.4 is 4.90 Å². The maximum absolute atomic E-state index is 12.0. The van der Waals surface area contributed by atoms with E-state index in [2.05, 4.69) is 21.9 Å². The molecular formula is C14H11BrClNO3. The zero-order valence-electron chi connectivity index (χ0n) is 10.7. The number of anilines is 1. The highest BCUT2D eigenvalue weighted by Crippen LogP contribution is 2.35. The van der Waals surface area contributed by atoms with Crippen molar-refractivity contribution in [2.24, 2.45) is 5.92 Å². The fraction of sp³-hybridized carbons (Fsp3) is 0.286. The van der Waals surface area contributed by atoms with Crippen LogP contribution in [0.25, 0.3) is 0 Å². The van der Waals surface area contributed by atoms with E-state index < -0.39 is 5.97 Å². The lowest BCUT2D eigenvalue weighted by atomic mass is 10.1. The molecule has 4 nitrogen and oxygen atoms in total. The van der Waals surface area contributed by atoms with Crippen LogP contribution in [0.5, 0.6) is 0 Å². The van der Waals surface area contributed by atoms with E-state index in [0.29, 0.717) is 21.7 Å². The summed E-state index contributed by atoms with van der Waals surface area (Å²) in [6, 6.07) is 3.11. The van der Waals surface area contributed by atoms with Crippen LogP contribution in [-0.4, -0.2) is 25.5 Å². The molecule has 0 spiro atoms. The minimum atomic E-state index is -0.533. The number of esters is 1. The number of terminal acetylenes is 1. The summed E-state index contributed by atoms with van der Waals surface area (Å²) in [6.45, 7) is 0.372. The first-order chi connectivity index (χ1) is 9.47. The third kappa shape index (κ3) is 2.67. The van der Waals surface area contributed by atoms with E-state index >= 15 is 0 Å². The largest absolute Gasteiger partial charge is 0.465 e. The molecule has 0 aromatic heterocycles. The fourth-order valence-corrected chi connectivity index (χ4v) is 2.59. The van der Waals surface area contributed by atoms with Gasteiger partial charge < -0.3 is 9.64 Å². The topological polar surface area (TPSA) is 46.6 Å². The highest BCUT2D eigenvalue weighted by atomic mass is 79.9. The second kappa shape index (κ2) is 5.86. The molecule has 6 heteroatoms. The minimum Gasteiger partial charge on any atom is -0.465 e. The van der Waals surface area contributed by atoms with Gasteiger partial charge in [-0.05, 0) is 28.1 Å². The van der Waals surface area contributed by atoms with Gasteiger partial charge in [-0.3, -0.25) is 4.79 Å². The van der Waals surface area contributed by atoms with Crippen molar-refractivity contribution in [1.82, 2.24) is 0 Å². The second-order valence-electron chi connectivity index (χ2n) is 4.35. The molecule has 0 bridgehead atoms. The number of methoxy groups -OCH3 is 1. The van der Waals surface area contributed by atoms with Gasteiger partial charge in [0, 0.05) is 23.4 Å². The molecule has 1 heterocycles. The fourth-order valence-electron chi connectivity index (χ4n) is 2.09. The molecule has 1 amide bonds. The SMILES string of the molecule is C#CC1CC(=O)N(c2cc(Cl)c(Br)cc2C(=O)OC)C1. The Balaban J connectivity index is 2.51. The molecule has 104 valence electrons. The molecule has 0 saturated carbocycles. The number of amides is 1. The van der Waals surface area contributed by atoms with Gasteiger partial charge in [-0.25, -0.2) is 4.79 Å². The van der Waals surface area contributed by atoms with Crippen molar-refractivity contribution >= 4 is 45.1 Å². The van der Waals surface area contributed by atoms with Crippen molar-refractivity contribution in [3.05, 3.63) is 27.2 Å². The summed E-state index contributed by atoms with van der Waals surface area (Å²) >= 11 is 9.30. The Morgan fingerprint density at radius 2 is 2.30 bits per heavy atom. The molecule has 0 N–H and O–H groups in total. The van der Waals surface area contributed by atoms with Gasteiger partial charge in [0.2, 0.25) is 5.91 Å². The maximum Gasteiger partial charge on any atom is 0.340 e.